The monoisotopic (exact) mass is 289 g/mol. The predicted octanol–water partition coefficient (Wildman–Crippen LogP) is 3.22. The molecule has 0 saturated heterocycles. The maximum absolute atomic E-state index is 11.9. The lowest BCUT2D eigenvalue weighted by atomic mass is 10.2. The molecular formula is C15H16ClN3O. The molecule has 20 heavy (non-hydrogen) atoms. The molecule has 0 radical (unpaired) electrons. The molecule has 0 spiro atoms. The third-order valence-electron chi connectivity index (χ3n) is 3.28. The first kappa shape index (κ1) is 14.4. The van der Waals surface area contributed by atoms with Gasteiger partial charge in [0.05, 0.1) is 0 Å². The molecule has 1 fully saturated rings. The van der Waals surface area contributed by atoms with Gasteiger partial charge in [-0.15, -0.1) is 0 Å². The first-order valence-electron chi connectivity index (χ1n) is 6.62. The number of rotatable bonds is 4. The van der Waals surface area contributed by atoms with Gasteiger partial charge in [-0.05, 0) is 37.1 Å². The van der Waals surface area contributed by atoms with Crippen LogP contribution in [0.4, 0.5) is 5.69 Å². The van der Waals surface area contributed by atoms with Crippen molar-refractivity contribution in [2.75, 3.05) is 5.32 Å². The molecule has 0 atom stereocenters. The highest BCUT2D eigenvalue weighted by atomic mass is 35.5. The molecule has 0 aromatic heterocycles. The molecule has 2 N–H and O–H groups in total. The number of carbonyl (C=O) groups excluding carboxylic acids is 1. The minimum absolute atomic E-state index is 0.0758. The Kier molecular flexibility index (Phi) is 5.03. The van der Waals surface area contributed by atoms with Crippen LogP contribution in [0.1, 0.15) is 25.7 Å². The highest BCUT2D eigenvalue weighted by molar-refractivity contribution is 6.30. The van der Waals surface area contributed by atoms with E-state index in [9.17, 15) is 4.79 Å². The van der Waals surface area contributed by atoms with E-state index in [-0.39, 0.29) is 17.5 Å². The van der Waals surface area contributed by atoms with E-state index < -0.39 is 0 Å². The van der Waals surface area contributed by atoms with E-state index in [1.165, 1.54) is 6.20 Å². The SMILES string of the molecule is N#C/C(=C/Nc1ccc(Cl)cc1)C(=O)NC1CCCC1. The minimum Gasteiger partial charge on any atom is -0.360 e. The number of nitrogens with zero attached hydrogens (tertiary/aromatic N) is 1. The topological polar surface area (TPSA) is 64.9 Å². The summed E-state index contributed by atoms with van der Waals surface area (Å²) in [7, 11) is 0. The average Bonchev–Trinajstić information content (AvgIpc) is 2.94. The van der Waals surface area contributed by atoms with Crippen LogP contribution in [0.5, 0.6) is 0 Å². The van der Waals surface area contributed by atoms with Crippen molar-refractivity contribution >= 4 is 23.2 Å². The Labute approximate surface area is 123 Å². The van der Waals surface area contributed by atoms with Gasteiger partial charge in [-0.1, -0.05) is 24.4 Å². The highest BCUT2D eigenvalue weighted by Gasteiger charge is 2.19. The molecule has 1 aliphatic rings. The fraction of sp³-hybridized carbons (Fsp3) is 0.333. The Bertz CT molecular complexity index is 539. The summed E-state index contributed by atoms with van der Waals surface area (Å²) in [4.78, 5) is 11.9. The maximum atomic E-state index is 11.9. The van der Waals surface area contributed by atoms with E-state index in [2.05, 4.69) is 10.6 Å². The Hall–Kier alpha value is -1.99. The van der Waals surface area contributed by atoms with Crippen LogP contribution in [0.2, 0.25) is 5.02 Å². The first-order chi connectivity index (χ1) is 9.69. The Morgan fingerprint density at radius 2 is 1.95 bits per heavy atom. The molecule has 5 heteroatoms. The number of hydrogen-bond acceptors (Lipinski definition) is 3. The molecule has 0 bridgehead atoms. The number of benzene rings is 1. The number of nitriles is 1. The zero-order chi connectivity index (χ0) is 14.4. The van der Waals surface area contributed by atoms with Crippen LogP contribution in [0.15, 0.2) is 36.0 Å². The summed E-state index contributed by atoms with van der Waals surface area (Å²) in [6, 6.07) is 9.16. The largest absolute Gasteiger partial charge is 0.360 e. The fourth-order valence-electron chi connectivity index (χ4n) is 2.18. The molecule has 4 nitrogen and oxygen atoms in total. The van der Waals surface area contributed by atoms with Gasteiger partial charge in [0.2, 0.25) is 0 Å². The highest BCUT2D eigenvalue weighted by Crippen LogP contribution is 2.18. The molecule has 0 unspecified atom stereocenters. The normalized spacial score (nSPS) is 15.7. The smallest absolute Gasteiger partial charge is 0.263 e. The number of halogens is 1. The lowest BCUT2D eigenvalue weighted by Crippen LogP contribution is -2.33. The number of amides is 1. The summed E-state index contributed by atoms with van der Waals surface area (Å²) < 4.78 is 0. The van der Waals surface area contributed by atoms with Crippen molar-refractivity contribution in [2.24, 2.45) is 0 Å². The third kappa shape index (κ3) is 4.01. The van der Waals surface area contributed by atoms with Gasteiger partial charge in [0.15, 0.2) is 0 Å². The Balaban J connectivity index is 1.96. The summed E-state index contributed by atoms with van der Waals surface area (Å²) >= 11 is 5.79. The molecule has 0 aliphatic heterocycles. The quantitative estimate of drug-likeness (QED) is 0.661. The first-order valence-corrected chi connectivity index (χ1v) is 7.00. The molecule has 104 valence electrons. The third-order valence-corrected chi connectivity index (χ3v) is 3.53. The van der Waals surface area contributed by atoms with Crippen molar-refractivity contribution in [1.29, 1.82) is 5.26 Å². The van der Waals surface area contributed by atoms with Crippen molar-refractivity contribution < 1.29 is 4.79 Å². The van der Waals surface area contributed by atoms with E-state index in [0.717, 1.165) is 31.4 Å². The zero-order valence-corrected chi connectivity index (χ0v) is 11.8. The predicted molar refractivity (Wildman–Crippen MR) is 79.2 cm³/mol. The van der Waals surface area contributed by atoms with Crippen LogP contribution >= 0.6 is 11.6 Å². The molecule has 1 aliphatic carbocycles. The Morgan fingerprint density at radius 1 is 1.30 bits per heavy atom. The van der Waals surface area contributed by atoms with Gasteiger partial charge in [0.25, 0.3) is 5.91 Å². The second-order valence-corrected chi connectivity index (χ2v) is 5.21. The van der Waals surface area contributed by atoms with Gasteiger partial charge < -0.3 is 10.6 Å². The van der Waals surface area contributed by atoms with E-state index in [4.69, 9.17) is 16.9 Å². The number of hydrogen-bond donors (Lipinski definition) is 2. The van der Waals surface area contributed by atoms with Crippen LogP contribution in [-0.2, 0) is 4.79 Å². The summed E-state index contributed by atoms with van der Waals surface area (Å²) in [6.07, 6.45) is 5.69. The molecule has 1 amide bonds. The lowest BCUT2D eigenvalue weighted by Gasteiger charge is -2.11. The fourth-order valence-corrected chi connectivity index (χ4v) is 2.31. The molecule has 1 saturated carbocycles. The van der Waals surface area contributed by atoms with Crippen LogP contribution < -0.4 is 10.6 Å². The van der Waals surface area contributed by atoms with Crippen LogP contribution in [0.25, 0.3) is 0 Å². The number of carbonyl (C=O) groups is 1. The van der Waals surface area contributed by atoms with Gasteiger partial charge in [-0.2, -0.15) is 5.26 Å². The summed E-state index contributed by atoms with van der Waals surface area (Å²) in [5.41, 5.74) is 0.850. The van der Waals surface area contributed by atoms with E-state index in [1.54, 1.807) is 24.3 Å². The maximum Gasteiger partial charge on any atom is 0.263 e. The van der Waals surface area contributed by atoms with Crippen LogP contribution in [0, 0.1) is 11.3 Å². The zero-order valence-electron chi connectivity index (χ0n) is 11.0. The average molecular weight is 290 g/mol. The van der Waals surface area contributed by atoms with Gasteiger partial charge >= 0.3 is 0 Å². The van der Waals surface area contributed by atoms with Gasteiger partial charge in [0, 0.05) is 23.0 Å². The number of nitrogens with one attached hydrogen (secondary N) is 2. The van der Waals surface area contributed by atoms with Crippen LogP contribution in [-0.4, -0.2) is 11.9 Å². The van der Waals surface area contributed by atoms with Gasteiger partial charge in [0.1, 0.15) is 11.6 Å². The van der Waals surface area contributed by atoms with E-state index >= 15 is 0 Å². The summed E-state index contributed by atoms with van der Waals surface area (Å²) in [6.45, 7) is 0. The van der Waals surface area contributed by atoms with E-state index in [0.29, 0.717) is 5.02 Å². The molecule has 2 rings (SSSR count). The van der Waals surface area contributed by atoms with Crippen molar-refractivity contribution in [3.63, 3.8) is 0 Å². The molecule has 0 heterocycles. The second-order valence-electron chi connectivity index (χ2n) is 4.78. The number of anilines is 1. The molecule has 1 aromatic rings. The van der Waals surface area contributed by atoms with Crippen molar-refractivity contribution in [3.05, 3.63) is 41.1 Å². The summed E-state index contributed by atoms with van der Waals surface area (Å²) in [5.74, 6) is -0.319. The van der Waals surface area contributed by atoms with Gasteiger partial charge in [-0.25, -0.2) is 0 Å². The lowest BCUT2D eigenvalue weighted by molar-refractivity contribution is -0.117. The Morgan fingerprint density at radius 3 is 2.55 bits per heavy atom. The molecular weight excluding hydrogens is 274 g/mol. The van der Waals surface area contributed by atoms with E-state index in [1.807, 2.05) is 6.07 Å². The second kappa shape index (κ2) is 6.97. The minimum atomic E-state index is -0.319. The van der Waals surface area contributed by atoms with Gasteiger partial charge in [-0.3, -0.25) is 4.79 Å². The van der Waals surface area contributed by atoms with Crippen molar-refractivity contribution in [2.45, 2.75) is 31.7 Å². The van der Waals surface area contributed by atoms with Crippen molar-refractivity contribution in [1.82, 2.24) is 5.32 Å². The van der Waals surface area contributed by atoms with Crippen LogP contribution in [0.3, 0.4) is 0 Å². The molecule has 1 aromatic carbocycles. The van der Waals surface area contributed by atoms with Crippen molar-refractivity contribution in [3.8, 4) is 6.07 Å². The standard InChI is InChI=1S/C15H16ClN3O/c16-12-5-7-13(8-6-12)18-10-11(9-17)15(20)19-14-3-1-2-4-14/h5-8,10,14,18H,1-4H2,(H,19,20)/b11-10-. The summed E-state index contributed by atoms with van der Waals surface area (Å²) in [5, 5.41) is 15.5.